The fourth-order valence-electron chi connectivity index (χ4n) is 1.83. The Morgan fingerprint density at radius 3 is 2.53 bits per heavy atom. The Labute approximate surface area is 111 Å². The third kappa shape index (κ3) is 2.92. The Bertz CT molecular complexity index is 433. The molecule has 1 aliphatic rings. The van der Waals surface area contributed by atoms with Crippen LogP contribution in [0.25, 0.3) is 0 Å². The van der Waals surface area contributed by atoms with E-state index in [2.05, 4.69) is 21.2 Å². The summed E-state index contributed by atoms with van der Waals surface area (Å²) in [6.45, 7) is 0.805. The summed E-state index contributed by atoms with van der Waals surface area (Å²) in [7, 11) is 0. The molecule has 0 radical (unpaired) electrons. The lowest BCUT2D eigenvalue weighted by molar-refractivity contribution is -0.137. The Morgan fingerprint density at radius 2 is 2.06 bits per heavy atom. The minimum absolute atomic E-state index is 0.0821. The molecule has 2 rings (SSSR count). The Kier molecular flexibility index (Phi) is 3.93. The van der Waals surface area contributed by atoms with Gasteiger partial charge in [-0.1, -0.05) is 0 Å². The van der Waals surface area contributed by atoms with Gasteiger partial charge in [0.05, 0.1) is 22.9 Å². The lowest BCUT2D eigenvalue weighted by atomic mass is 10.2. The van der Waals surface area contributed by atoms with E-state index in [1.807, 2.05) is 12.1 Å². The first-order valence-electron chi connectivity index (χ1n) is 5.12. The van der Waals surface area contributed by atoms with Gasteiger partial charge in [0.15, 0.2) is 0 Å². The molecule has 1 unspecified atom stereocenters. The molecule has 1 aliphatic heterocycles. The quantitative estimate of drug-likeness (QED) is 0.795. The fourth-order valence-corrected chi connectivity index (χ4v) is 3.40. The van der Waals surface area contributed by atoms with Crippen molar-refractivity contribution in [3.63, 3.8) is 0 Å². The normalized spacial score (nSPS) is 19.2. The van der Waals surface area contributed by atoms with Gasteiger partial charge >= 0.3 is 0 Å². The number of carbonyl (C=O) groups excluding carboxylic acids is 2. The molecule has 1 atom stereocenters. The van der Waals surface area contributed by atoms with Crippen LogP contribution in [0.5, 0.6) is 0 Å². The van der Waals surface area contributed by atoms with E-state index in [0.717, 1.165) is 8.66 Å². The third-order valence-electron chi connectivity index (χ3n) is 2.56. The standard InChI is InChI=1S/C10H12BrN3O2S/c11-8-2-1-7(17-8)6(3-12)14-4-9(15)13-10(16)5-14/h1-2,6H,3-5,12H2,(H,13,15,16). The molecule has 1 saturated heterocycles. The fraction of sp³-hybridized carbons (Fsp3) is 0.400. The zero-order valence-corrected chi connectivity index (χ0v) is 11.4. The first-order valence-corrected chi connectivity index (χ1v) is 6.73. The minimum atomic E-state index is -0.268. The largest absolute Gasteiger partial charge is 0.329 e. The monoisotopic (exact) mass is 317 g/mol. The molecular formula is C10H12BrN3O2S. The van der Waals surface area contributed by atoms with Crippen molar-refractivity contribution < 1.29 is 9.59 Å². The summed E-state index contributed by atoms with van der Waals surface area (Å²) in [6.07, 6.45) is 0. The van der Waals surface area contributed by atoms with Crippen LogP contribution in [0, 0.1) is 0 Å². The van der Waals surface area contributed by atoms with E-state index >= 15 is 0 Å². The van der Waals surface area contributed by atoms with E-state index in [4.69, 9.17) is 5.73 Å². The molecule has 7 heteroatoms. The SMILES string of the molecule is NCC(c1ccc(Br)s1)N1CC(=O)NC(=O)C1. The van der Waals surface area contributed by atoms with Crippen molar-refractivity contribution in [2.75, 3.05) is 19.6 Å². The van der Waals surface area contributed by atoms with Gasteiger partial charge in [-0.05, 0) is 28.1 Å². The number of thiophene rings is 1. The first-order chi connectivity index (χ1) is 8.10. The molecule has 1 fully saturated rings. The predicted octanol–water partition coefficient (Wildman–Crippen LogP) is 0.469. The van der Waals surface area contributed by atoms with Gasteiger partial charge in [0.1, 0.15) is 0 Å². The molecule has 92 valence electrons. The van der Waals surface area contributed by atoms with Gasteiger partial charge in [-0.25, -0.2) is 0 Å². The molecule has 1 aromatic heterocycles. The van der Waals surface area contributed by atoms with E-state index in [0.29, 0.717) is 6.54 Å². The van der Waals surface area contributed by atoms with Gasteiger partial charge < -0.3 is 5.73 Å². The van der Waals surface area contributed by atoms with Gasteiger partial charge in [0.2, 0.25) is 11.8 Å². The van der Waals surface area contributed by atoms with E-state index in [1.54, 1.807) is 16.2 Å². The minimum Gasteiger partial charge on any atom is -0.329 e. The number of nitrogens with two attached hydrogens (primary N) is 1. The van der Waals surface area contributed by atoms with Crippen molar-refractivity contribution >= 4 is 39.1 Å². The highest BCUT2D eigenvalue weighted by Gasteiger charge is 2.29. The zero-order valence-electron chi connectivity index (χ0n) is 8.98. The maximum atomic E-state index is 11.3. The van der Waals surface area contributed by atoms with Crippen LogP contribution in [0.15, 0.2) is 15.9 Å². The van der Waals surface area contributed by atoms with Crippen LogP contribution in [-0.4, -0.2) is 36.3 Å². The molecule has 1 aromatic rings. The van der Waals surface area contributed by atoms with E-state index in [9.17, 15) is 9.59 Å². The molecule has 2 heterocycles. The maximum Gasteiger partial charge on any atom is 0.240 e. The summed E-state index contributed by atoms with van der Waals surface area (Å²) in [4.78, 5) is 25.5. The van der Waals surface area contributed by atoms with E-state index < -0.39 is 0 Å². The molecule has 2 amide bonds. The summed E-state index contributed by atoms with van der Waals surface area (Å²) in [5.74, 6) is -0.536. The zero-order chi connectivity index (χ0) is 12.4. The second kappa shape index (κ2) is 5.26. The Balaban J connectivity index is 2.18. The molecule has 0 aliphatic carbocycles. The highest BCUT2D eigenvalue weighted by atomic mass is 79.9. The molecule has 0 spiro atoms. The van der Waals surface area contributed by atoms with E-state index in [-0.39, 0.29) is 30.9 Å². The van der Waals surface area contributed by atoms with Gasteiger partial charge in [-0.3, -0.25) is 19.8 Å². The lowest BCUT2D eigenvalue weighted by Crippen LogP contribution is -2.53. The van der Waals surface area contributed by atoms with Crippen LogP contribution in [0.2, 0.25) is 0 Å². The van der Waals surface area contributed by atoms with Crippen molar-refractivity contribution in [3.8, 4) is 0 Å². The number of nitrogens with zero attached hydrogens (tertiary/aromatic N) is 1. The summed E-state index contributed by atoms with van der Waals surface area (Å²) < 4.78 is 1.01. The number of piperazine rings is 1. The number of hydrogen-bond acceptors (Lipinski definition) is 5. The molecule has 17 heavy (non-hydrogen) atoms. The molecular weight excluding hydrogens is 306 g/mol. The van der Waals surface area contributed by atoms with Crippen molar-refractivity contribution in [1.29, 1.82) is 0 Å². The van der Waals surface area contributed by atoms with Gasteiger partial charge in [0.25, 0.3) is 0 Å². The number of hydrogen-bond donors (Lipinski definition) is 2. The summed E-state index contributed by atoms with van der Waals surface area (Å²) in [5, 5.41) is 2.28. The maximum absolute atomic E-state index is 11.3. The van der Waals surface area contributed by atoms with Crippen LogP contribution in [0.4, 0.5) is 0 Å². The van der Waals surface area contributed by atoms with Crippen LogP contribution < -0.4 is 11.1 Å². The van der Waals surface area contributed by atoms with Crippen LogP contribution in [-0.2, 0) is 9.59 Å². The molecule has 0 bridgehead atoms. The summed E-state index contributed by atoms with van der Waals surface area (Å²) in [6, 6.07) is 3.82. The first kappa shape index (κ1) is 12.7. The molecule has 3 N–H and O–H groups in total. The average Bonchev–Trinajstić information content (AvgIpc) is 2.64. The van der Waals surface area contributed by atoms with Crippen molar-refractivity contribution in [2.45, 2.75) is 6.04 Å². The number of rotatable bonds is 3. The van der Waals surface area contributed by atoms with E-state index in [1.165, 1.54) is 0 Å². The third-order valence-corrected chi connectivity index (χ3v) is 4.28. The topological polar surface area (TPSA) is 75.4 Å². The summed E-state index contributed by atoms with van der Waals surface area (Å²) >= 11 is 4.96. The van der Waals surface area contributed by atoms with Gasteiger partial charge in [-0.15, -0.1) is 11.3 Å². The second-order valence-corrected chi connectivity index (χ2v) is 6.26. The van der Waals surface area contributed by atoms with Crippen molar-refractivity contribution in [3.05, 3.63) is 20.8 Å². The smallest absolute Gasteiger partial charge is 0.240 e. The number of carbonyl (C=O) groups is 2. The Hall–Kier alpha value is -0.760. The van der Waals surface area contributed by atoms with Crippen LogP contribution in [0.1, 0.15) is 10.9 Å². The number of imide groups is 1. The highest BCUT2D eigenvalue weighted by Crippen LogP contribution is 2.30. The number of amides is 2. The van der Waals surface area contributed by atoms with Crippen LogP contribution in [0.3, 0.4) is 0 Å². The lowest BCUT2D eigenvalue weighted by Gasteiger charge is -2.31. The number of nitrogens with one attached hydrogen (secondary N) is 1. The van der Waals surface area contributed by atoms with Gasteiger partial charge in [-0.2, -0.15) is 0 Å². The number of halogens is 1. The average molecular weight is 318 g/mol. The molecule has 0 saturated carbocycles. The predicted molar refractivity (Wildman–Crippen MR) is 68.5 cm³/mol. The highest BCUT2D eigenvalue weighted by molar-refractivity contribution is 9.11. The van der Waals surface area contributed by atoms with Gasteiger partial charge in [0, 0.05) is 11.4 Å². The van der Waals surface area contributed by atoms with Crippen LogP contribution >= 0.6 is 27.3 Å². The second-order valence-electron chi connectivity index (χ2n) is 3.77. The Morgan fingerprint density at radius 1 is 1.41 bits per heavy atom. The molecule has 0 aromatic carbocycles. The van der Waals surface area contributed by atoms with Crippen molar-refractivity contribution in [1.82, 2.24) is 10.2 Å². The van der Waals surface area contributed by atoms with Crippen molar-refractivity contribution in [2.24, 2.45) is 5.73 Å². The molecule has 5 nitrogen and oxygen atoms in total. The summed E-state index contributed by atoms with van der Waals surface area (Å²) in [5.41, 5.74) is 5.74.